The largest absolute Gasteiger partial charge is 0.365 e. The minimum atomic E-state index is -0.00217. The van der Waals surface area contributed by atoms with Crippen LogP contribution in [0.3, 0.4) is 0 Å². The molecule has 0 amide bonds. The second-order valence-electron chi connectivity index (χ2n) is 4.63. The van der Waals surface area contributed by atoms with Gasteiger partial charge in [-0.25, -0.2) is 4.98 Å². The van der Waals surface area contributed by atoms with Crippen LogP contribution in [0.25, 0.3) is 0 Å². The normalized spacial score (nSPS) is 23.1. The Morgan fingerprint density at radius 1 is 1.62 bits per heavy atom. The van der Waals surface area contributed by atoms with Crippen LogP contribution in [0, 0.1) is 11.8 Å². The highest BCUT2D eigenvalue weighted by Gasteiger charge is 2.32. The molecule has 1 aromatic rings. The number of nitrogens with one attached hydrogen (secondary N) is 1. The molecule has 1 aliphatic carbocycles. The standard InChI is InChI=1S/C12H19N3O/c1-3-5-15-6-4-13-11(12(15)16)14-8-10-7-9(10)2/h4,6,9-10H,3,5,7-8H2,1-2H3,(H,13,14). The zero-order chi connectivity index (χ0) is 11.5. The Kier molecular flexibility index (Phi) is 3.27. The van der Waals surface area contributed by atoms with Crippen molar-refractivity contribution in [2.45, 2.75) is 33.2 Å². The van der Waals surface area contributed by atoms with Gasteiger partial charge in [0.05, 0.1) is 0 Å². The molecule has 0 bridgehead atoms. The van der Waals surface area contributed by atoms with E-state index in [1.54, 1.807) is 17.0 Å². The molecule has 0 radical (unpaired) electrons. The molecule has 4 heteroatoms. The number of aryl methyl sites for hydroxylation is 1. The van der Waals surface area contributed by atoms with Crippen LogP contribution < -0.4 is 10.9 Å². The van der Waals surface area contributed by atoms with Gasteiger partial charge >= 0.3 is 0 Å². The first-order valence-corrected chi connectivity index (χ1v) is 6.01. The van der Waals surface area contributed by atoms with Crippen molar-refractivity contribution >= 4 is 5.82 Å². The summed E-state index contributed by atoms with van der Waals surface area (Å²) in [6.45, 7) is 5.93. The topological polar surface area (TPSA) is 46.9 Å². The van der Waals surface area contributed by atoms with Gasteiger partial charge in [-0.05, 0) is 24.7 Å². The lowest BCUT2D eigenvalue weighted by Gasteiger charge is -2.07. The predicted molar refractivity (Wildman–Crippen MR) is 64.5 cm³/mol. The first kappa shape index (κ1) is 11.2. The molecule has 4 nitrogen and oxygen atoms in total. The molecular formula is C12H19N3O. The summed E-state index contributed by atoms with van der Waals surface area (Å²) in [6.07, 6.45) is 5.67. The number of hydrogen-bond donors (Lipinski definition) is 1. The van der Waals surface area contributed by atoms with Crippen LogP contribution in [-0.4, -0.2) is 16.1 Å². The minimum absolute atomic E-state index is 0.00217. The summed E-state index contributed by atoms with van der Waals surface area (Å²) in [5, 5.41) is 3.16. The van der Waals surface area contributed by atoms with E-state index in [9.17, 15) is 4.79 Å². The van der Waals surface area contributed by atoms with Gasteiger partial charge in [0.25, 0.3) is 5.56 Å². The summed E-state index contributed by atoms with van der Waals surface area (Å²) in [7, 11) is 0. The highest BCUT2D eigenvalue weighted by molar-refractivity contribution is 5.31. The lowest BCUT2D eigenvalue weighted by atomic mass is 10.3. The van der Waals surface area contributed by atoms with Crippen LogP contribution in [0.5, 0.6) is 0 Å². The van der Waals surface area contributed by atoms with Crippen molar-refractivity contribution in [1.82, 2.24) is 9.55 Å². The molecule has 0 saturated heterocycles. The van der Waals surface area contributed by atoms with Gasteiger partial charge in [0.15, 0.2) is 5.82 Å². The first-order valence-electron chi connectivity index (χ1n) is 6.01. The molecule has 1 aliphatic rings. The van der Waals surface area contributed by atoms with Crippen molar-refractivity contribution in [2.75, 3.05) is 11.9 Å². The van der Waals surface area contributed by atoms with E-state index in [1.807, 2.05) is 0 Å². The van der Waals surface area contributed by atoms with Crippen molar-refractivity contribution in [3.05, 3.63) is 22.7 Å². The van der Waals surface area contributed by atoms with Crippen LogP contribution >= 0.6 is 0 Å². The van der Waals surface area contributed by atoms with Crippen molar-refractivity contribution in [2.24, 2.45) is 11.8 Å². The molecule has 2 atom stereocenters. The average molecular weight is 221 g/mol. The fourth-order valence-electron chi connectivity index (χ4n) is 1.90. The Labute approximate surface area is 95.7 Å². The van der Waals surface area contributed by atoms with E-state index >= 15 is 0 Å². The number of anilines is 1. The highest BCUT2D eigenvalue weighted by Crippen LogP contribution is 2.37. The second kappa shape index (κ2) is 4.68. The molecule has 1 heterocycles. The zero-order valence-electron chi connectivity index (χ0n) is 9.94. The third-order valence-corrected chi connectivity index (χ3v) is 3.19. The monoisotopic (exact) mass is 221 g/mol. The fraction of sp³-hybridized carbons (Fsp3) is 0.667. The van der Waals surface area contributed by atoms with E-state index in [2.05, 4.69) is 24.1 Å². The molecule has 1 aromatic heterocycles. The Balaban J connectivity index is 2.02. The van der Waals surface area contributed by atoms with Gasteiger partial charge in [-0.3, -0.25) is 4.79 Å². The molecule has 1 saturated carbocycles. The quantitative estimate of drug-likeness (QED) is 0.823. The van der Waals surface area contributed by atoms with Crippen LogP contribution in [0.2, 0.25) is 0 Å². The molecule has 1 fully saturated rings. The van der Waals surface area contributed by atoms with E-state index in [-0.39, 0.29) is 5.56 Å². The van der Waals surface area contributed by atoms with E-state index in [1.165, 1.54) is 6.42 Å². The van der Waals surface area contributed by atoms with E-state index < -0.39 is 0 Å². The molecule has 0 aliphatic heterocycles. The molecule has 2 unspecified atom stereocenters. The number of aromatic nitrogens is 2. The van der Waals surface area contributed by atoms with Gasteiger partial charge in [0, 0.05) is 25.5 Å². The second-order valence-corrected chi connectivity index (χ2v) is 4.63. The van der Waals surface area contributed by atoms with Crippen molar-refractivity contribution in [3.8, 4) is 0 Å². The Bertz CT molecular complexity index is 413. The number of nitrogens with zero attached hydrogens (tertiary/aromatic N) is 2. The summed E-state index contributed by atoms with van der Waals surface area (Å²) >= 11 is 0. The maximum atomic E-state index is 11.9. The Morgan fingerprint density at radius 2 is 2.38 bits per heavy atom. The number of rotatable bonds is 5. The minimum Gasteiger partial charge on any atom is -0.365 e. The summed E-state index contributed by atoms with van der Waals surface area (Å²) < 4.78 is 1.71. The van der Waals surface area contributed by atoms with Gasteiger partial charge in [-0.2, -0.15) is 0 Å². The molecule has 1 N–H and O–H groups in total. The summed E-state index contributed by atoms with van der Waals surface area (Å²) in [5.41, 5.74) is -0.00217. The van der Waals surface area contributed by atoms with Crippen LogP contribution in [0.4, 0.5) is 5.82 Å². The van der Waals surface area contributed by atoms with Gasteiger partial charge in [0.1, 0.15) is 0 Å². The van der Waals surface area contributed by atoms with E-state index in [4.69, 9.17) is 0 Å². The molecule has 2 rings (SSSR count). The zero-order valence-corrected chi connectivity index (χ0v) is 9.94. The van der Waals surface area contributed by atoms with Crippen LogP contribution in [-0.2, 0) is 6.54 Å². The average Bonchev–Trinajstić information content (AvgIpc) is 2.96. The number of hydrogen-bond acceptors (Lipinski definition) is 3. The lowest BCUT2D eigenvalue weighted by Crippen LogP contribution is -2.25. The van der Waals surface area contributed by atoms with E-state index in [0.717, 1.165) is 31.3 Å². The van der Waals surface area contributed by atoms with Gasteiger partial charge in [0.2, 0.25) is 0 Å². The van der Waals surface area contributed by atoms with Gasteiger partial charge in [-0.1, -0.05) is 13.8 Å². The molecule has 16 heavy (non-hydrogen) atoms. The maximum Gasteiger partial charge on any atom is 0.293 e. The third-order valence-electron chi connectivity index (χ3n) is 3.19. The van der Waals surface area contributed by atoms with Crippen molar-refractivity contribution in [1.29, 1.82) is 0 Å². The third kappa shape index (κ3) is 2.43. The summed E-state index contributed by atoms with van der Waals surface area (Å²) in [4.78, 5) is 16.0. The first-order chi connectivity index (χ1) is 7.72. The van der Waals surface area contributed by atoms with Crippen LogP contribution in [0.15, 0.2) is 17.2 Å². The summed E-state index contributed by atoms with van der Waals surface area (Å²) in [6, 6.07) is 0. The predicted octanol–water partition coefficient (Wildman–Crippen LogP) is 1.72. The highest BCUT2D eigenvalue weighted by atomic mass is 16.1. The smallest absolute Gasteiger partial charge is 0.293 e. The lowest BCUT2D eigenvalue weighted by molar-refractivity contribution is 0.648. The maximum absolute atomic E-state index is 11.9. The summed E-state index contributed by atoms with van der Waals surface area (Å²) in [5.74, 6) is 2.02. The van der Waals surface area contributed by atoms with Crippen LogP contribution in [0.1, 0.15) is 26.7 Å². The van der Waals surface area contributed by atoms with Gasteiger partial charge < -0.3 is 9.88 Å². The van der Waals surface area contributed by atoms with Crippen molar-refractivity contribution < 1.29 is 0 Å². The van der Waals surface area contributed by atoms with Gasteiger partial charge in [-0.15, -0.1) is 0 Å². The van der Waals surface area contributed by atoms with E-state index in [0.29, 0.717) is 5.82 Å². The van der Waals surface area contributed by atoms with Crippen molar-refractivity contribution in [3.63, 3.8) is 0 Å². The SMILES string of the molecule is CCCn1ccnc(NCC2CC2C)c1=O. The Morgan fingerprint density at radius 3 is 3.00 bits per heavy atom. The molecule has 0 aromatic carbocycles. The molecule has 0 spiro atoms. The fourth-order valence-corrected chi connectivity index (χ4v) is 1.90. The Hall–Kier alpha value is -1.32. The molecular weight excluding hydrogens is 202 g/mol. The molecule has 88 valence electrons.